The van der Waals surface area contributed by atoms with Crippen LogP contribution in [-0.4, -0.2) is 37.6 Å². The fraction of sp³-hybridized carbons (Fsp3) is 0.381. The fourth-order valence-electron chi connectivity index (χ4n) is 3.31. The number of benzene rings is 2. The largest absolute Gasteiger partial charge is 0.493 e. The maximum absolute atomic E-state index is 12.4. The minimum Gasteiger partial charge on any atom is -0.493 e. The third-order valence-electron chi connectivity index (χ3n) is 4.79. The second-order valence-electron chi connectivity index (χ2n) is 6.51. The highest BCUT2D eigenvalue weighted by atomic mass is 16.5. The number of hydrogen-bond acceptors (Lipinski definition) is 3. The molecule has 132 valence electrons. The first-order chi connectivity index (χ1) is 12.2. The van der Waals surface area contributed by atoms with E-state index in [1.54, 1.807) is 7.11 Å². The monoisotopic (exact) mass is 339 g/mol. The van der Waals surface area contributed by atoms with Gasteiger partial charge in [0.05, 0.1) is 7.11 Å². The first kappa shape index (κ1) is 17.3. The van der Waals surface area contributed by atoms with Crippen LogP contribution in [0.5, 0.6) is 11.5 Å². The summed E-state index contributed by atoms with van der Waals surface area (Å²) in [5, 5.41) is 0. The minimum absolute atomic E-state index is 0.0362. The molecule has 25 heavy (non-hydrogen) atoms. The molecule has 1 saturated heterocycles. The Kier molecular flexibility index (Phi) is 5.59. The van der Waals surface area contributed by atoms with Crippen LogP contribution in [0.4, 0.5) is 0 Å². The van der Waals surface area contributed by atoms with Crippen LogP contribution in [0.25, 0.3) is 0 Å². The van der Waals surface area contributed by atoms with Crippen molar-refractivity contribution in [1.82, 2.24) is 4.90 Å². The first-order valence-electron chi connectivity index (χ1n) is 8.77. The molecule has 1 aliphatic heterocycles. The van der Waals surface area contributed by atoms with E-state index >= 15 is 0 Å². The van der Waals surface area contributed by atoms with Gasteiger partial charge in [0, 0.05) is 13.1 Å². The van der Waals surface area contributed by atoms with Crippen molar-refractivity contribution in [2.75, 3.05) is 26.8 Å². The highest BCUT2D eigenvalue weighted by Gasteiger charge is 2.24. The lowest BCUT2D eigenvalue weighted by Crippen LogP contribution is -2.40. The summed E-state index contributed by atoms with van der Waals surface area (Å²) in [7, 11) is 1.61. The zero-order valence-electron chi connectivity index (χ0n) is 14.9. The second-order valence-corrected chi connectivity index (χ2v) is 6.51. The van der Waals surface area contributed by atoms with Gasteiger partial charge in [-0.15, -0.1) is 0 Å². The van der Waals surface area contributed by atoms with E-state index in [1.165, 1.54) is 5.56 Å². The summed E-state index contributed by atoms with van der Waals surface area (Å²) in [6.45, 7) is 3.61. The summed E-state index contributed by atoms with van der Waals surface area (Å²) in [6, 6.07) is 16.3. The van der Waals surface area contributed by atoms with Gasteiger partial charge in [-0.05, 0) is 48.9 Å². The van der Waals surface area contributed by atoms with Crippen molar-refractivity contribution in [3.8, 4) is 11.5 Å². The smallest absolute Gasteiger partial charge is 0.260 e. The molecule has 0 unspecified atom stereocenters. The predicted molar refractivity (Wildman–Crippen MR) is 98.2 cm³/mol. The molecule has 2 aromatic rings. The van der Waals surface area contributed by atoms with E-state index in [9.17, 15) is 4.79 Å². The Hall–Kier alpha value is -2.49. The van der Waals surface area contributed by atoms with Crippen LogP contribution >= 0.6 is 0 Å². The maximum Gasteiger partial charge on any atom is 0.260 e. The Morgan fingerprint density at radius 3 is 2.48 bits per heavy atom. The van der Waals surface area contributed by atoms with Gasteiger partial charge in [-0.25, -0.2) is 0 Å². The highest BCUT2D eigenvalue weighted by molar-refractivity contribution is 5.78. The topological polar surface area (TPSA) is 38.8 Å². The molecule has 0 atom stereocenters. The van der Waals surface area contributed by atoms with Gasteiger partial charge in [-0.2, -0.15) is 0 Å². The lowest BCUT2D eigenvalue weighted by Gasteiger charge is -2.32. The number of hydrogen-bond donors (Lipinski definition) is 0. The lowest BCUT2D eigenvalue weighted by atomic mass is 9.89. The molecule has 0 aliphatic carbocycles. The summed E-state index contributed by atoms with van der Waals surface area (Å²) in [6.07, 6.45) is 2.01. The van der Waals surface area contributed by atoms with E-state index < -0.39 is 0 Å². The Labute approximate surface area is 149 Å². The fourth-order valence-corrected chi connectivity index (χ4v) is 3.31. The third kappa shape index (κ3) is 4.32. The van der Waals surface area contributed by atoms with Crippen LogP contribution in [0, 0.1) is 6.92 Å². The number of rotatable bonds is 5. The van der Waals surface area contributed by atoms with Crippen molar-refractivity contribution < 1.29 is 14.3 Å². The van der Waals surface area contributed by atoms with E-state index in [1.807, 2.05) is 36.1 Å². The number of aryl methyl sites for hydroxylation is 1. The molecule has 0 saturated carbocycles. The van der Waals surface area contributed by atoms with E-state index in [0.29, 0.717) is 17.4 Å². The van der Waals surface area contributed by atoms with Crippen molar-refractivity contribution in [1.29, 1.82) is 0 Å². The Morgan fingerprint density at radius 1 is 1.08 bits per heavy atom. The minimum atomic E-state index is 0.0362. The standard InChI is InChI=1S/C21H25NO3/c1-16-8-9-19(20(14-16)24-2)25-15-21(23)22-12-10-18(11-13-22)17-6-4-3-5-7-17/h3-9,14,18H,10-13,15H2,1-2H3. The number of carbonyl (C=O) groups is 1. The molecular formula is C21H25NO3. The summed E-state index contributed by atoms with van der Waals surface area (Å²) < 4.78 is 11.0. The molecule has 0 N–H and O–H groups in total. The molecule has 4 heteroatoms. The number of nitrogens with zero attached hydrogens (tertiary/aromatic N) is 1. The molecule has 0 bridgehead atoms. The van der Waals surface area contributed by atoms with Crippen LogP contribution in [0.15, 0.2) is 48.5 Å². The van der Waals surface area contributed by atoms with Gasteiger partial charge in [0.1, 0.15) is 0 Å². The van der Waals surface area contributed by atoms with Gasteiger partial charge < -0.3 is 14.4 Å². The van der Waals surface area contributed by atoms with Crippen molar-refractivity contribution in [3.63, 3.8) is 0 Å². The third-order valence-corrected chi connectivity index (χ3v) is 4.79. The number of methoxy groups -OCH3 is 1. The van der Waals surface area contributed by atoms with Crippen LogP contribution in [0.3, 0.4) is 0 Å². The SMILES string of the molecule is COc1cc(C)ccc1OCC(=O)N1CCC(c2ccccc2)CC1. The van der Waals surface area contributed by atoms with Gasteiger partial charge in [0.25, 0.3) is 5.91 Å². The Balaban J connectivity index is 1.52. The molecule has 0 radical (unpaired) electrons. The quantitative estimate of drug-likeness (QED) is 0.832. The maximum atomic E-state index is 12.4. The summed E-state index contributed by atoms with van der Waals surface area (Å²) in [5.74, 6) is 1.86. The molecule has 1 amide bonds. The predicted octanol–water partition coefficient (Wildman–Crippen LogP) is 3.79. The Morgan fingerprint density at radius 2 is 1.80 bits per heavy atom. The molecule has 2 aromatic carbocycles. The second kappa shape index (κ2) is 8.06. The van der Waals surface area contributed by atoms with Crippen molar-refractivity contribution in [2.45, 2.75) is 25.7 Å². The number of likely N-dealkylation sites (tertiary alicyclic amines) is 1. The summed E-state index contributed by atoms with van der Waals surface area (Å²) in [5.41, 5.74) is 2.47. The normalized spacial score (nSPS) is 15.0. The van der Waals surface area contributed by atoms with Crippen LogP contribution in [0.1, 0.15) is 29.9 Å². The number of carbonyl (C=O) groups excluding carboxylic acids is 1. The van der Waals surface area contributed by atoms with Gasteiger partial charge in [0.2, 0.25) is 0 Å². The van der Waals surface area contributed by atoms with Crippen LogP contribution in [0.2, 0.25) is 0 Å². The van der Waals surface area contributed by atoms with Gasteiger partial charge in [-0.1, -0.05) is 36.4 Å². The van der Waals surface area contributed by atoms with Crippen LogP contribution in [-0.2, 0) is 4.79 Å². The zero-order chi connectivity index (χ0) is 17.6. The van der Waals surface area contributed by atoms with Crippen molar-refractivity contribution in [2.24, 2.45) is 0 Å². The summed E-state index contributed by atoms with van der Waals surface area (Å²) in [4.78, 5) is 14.3. The Bertz CT molecular complexity index is 706. The molecule has 1 aliphatic rings. The van der Waals surface area contributed by atoms with Crippen molar-refractivity contribution >= 4 is 5.91 Å². The van der Waals surface area contributed by atoms with E-state index in [0.717, 1.165) is 31.5 Å². The molecule has 1 fully saturated rings. The van der Waals surface area contributed by atoms with Gasteiger partial charge in [0.15, 0.2) is 18.1 Å². The molecule has 1 heterocycles. The zero-order valence-corrected chi connectivity index (χ0v) is 14.9. The number of piperidine rings is 1. The molecule has 4 nitrogen and oxygen atoms in total. The van der Waals surface area contributed by atoms with Crippen molar-refractivity contribution in [3.05, 3.63) is 59.7 Å². The van der Waals surface area contributed by atoms with Crippen LogP contribution < -0.4 is 9.47 Å². The number of amides is 1. The van der Waals surface area contributed by atoms with E-state index in [-0.39, 0.29) is 12.5 Å². The average Bonchev–Trinajstić information content (AvgIpc) is 2.67. The average molecular weight is 339 g/mol. The molecule has 0 aromatic heterocycles. The van der Waals surface area contributed by atoms with E-state index in [4.69, 9.17) is 9.47 Å². The highest BCUT2D eigenvalue weighted by Crippen LogP contribution is 2.29. The van der Waals surface area contributed by atoms with E-state index in [2.05, 4.69) is 24.3 Å². The molecule has 3 rings (SSSR count). The summed E-state index contributed by atoms with van der Waals surface area (Å²) >= 11 is 0. The molecule has 0 spiro atoms. The van der Waals surface area contributed by atoms with Gasteiger partial charge in [-0.3, -0.25) is 4.79 Å². The lowest BCUT2D eigenvalue weighted by molar-refractivity contribution is -0.134. The molecular weight excluding hydrogens is 314 g/mol. The van der Waals surface area contributed by atoms with Gasteiger partial charge >= 0.3 is 0 Å². The number of ether oxygens (including phenoxy) is 2. The first-order valence-corrected chi connectivity index (χ1v) is 8.77.